The highest BCUT2D eigenvalue weighted by atomic mass is 16.6. The van der Waals surface area contributed by atoms with Gasteiger partial charge in [-0.05, 0) is 24.8 Å². The Kier molecular flexibility index (Phi) is 8.08. The summed E-state index contributed by atoms with van der Waals surface area (Å²) in [6, 6.07) is 9.51. The molecule has 1 heterocycles. The molecule has 0 atom stereocenters. The number of benzene rings is 1. The minimum absolute atomic E-state index is 0.142. The van der Waals surface area contributed by atoms with Crippen molar-refractivity contribution in [3.05, 3.63) is 48.0 Å². The fraction of sp³-hybridized carbons (Fsp3) is 0.500. The third kappa shape index (κ3) is 6.57. The van der Waals surface area contributed by atoms with Crippen LogP contribution in [0.3, 0.4) is 0 Å². The van der Waals surface area contributed by atoms with E-state index in [0.29, 0.717) is 13.0 Å². The molecule has 0 spiro atoms. The third-order valence-electron chi connectivity index (χ3n) is 4.19. The summed E-state index contributed by atoms with van der Waals surface area (Å²) in [5.41, 5.74) is 0.916. The van der Waals surface area contributed by atoms with E-state index in [9.17, 15) is 9.59 Å². The topological polar surface area (TPSA) is 46.6 Å². The molecular formula is C20H27NO3. The molecule has 2 amide bonds. The Balaban J connectivity index is 1.93. The van der Waals surface area contributed by atoms with Crippen molar-refractivity contribution >= 4 is 12.0 Å². The first-order valence-electron chi connectivity index (χ1n) is 8.93. The molecule has 24 heavy (non-hydrogen) atoms. The molecule has 0 bridgehead atoms. The Morgan fingerprint density at radius 3 is 2.46 bits per heavy atom. The maximum Gasteiger partial charge on any atom is 0.417 e. The van der Waals surface area contributed by atoms with Crippen LogP contribution in [-0.4, -0.2) is 23.4 Å². The highest BCUT2D eigenvalue weighted by Gasteiger charge is 2.21. The molecule has 0 saturated carbocycles. The van der Waals surface area contributed by atoms with Gasteiger partial charge in [0.05, 0.1) is 6.54 Å². The predicted molar refractivity (Wildman–Crippen MR) is 94.4 cm³/mol. The van der Waals surface area contributed by atoms with E-state index in [-0.39, 0.29) is 12.5 Å². The molecule has 2 rings (SSSR count). The van der Waals surface area contributed by atoms with E-state index in [0.717, 1.165) is 31.2 Å². The number of amides is 2. The normalized spacial score (nSPS) is 18.8. The number of allylic oxidation sites excluding steroid dienone is 1. The average Bonchev–Trinajstić information content (AvgIpc) is 2.63. The van der Waals surface area contributed by atoms with Gasteiger partial charge < -0.3 is 4.74 Å². The van der Waals surface area contributed by atoms with Gasteiger partial charge in [0.25, 0.3) is 0 Å². The number of hydrogen-bond donors (Lipinski definition) is 0. The molecule has 0 unspecified atom stereocenters. The van der Waals surface area contributed by atoms with Crippen LogP contribution >= 0.6 is 0 Å². The van der Waals surface area contributed by atoms with Crippen molar-refractivity contribution in [2.24, 2.45) is 0 Å². The van der Waals surface area contributed by atoms with E-state index in [2.05, 4.69) is 6.08 Å². The first kappa shape index (κ1) is 18.2. The molecule has 4 heteroatoms. The molecular weight excluding hydrogens is 302 g/mol. The van der Waals surface area contributed by atoms with Crippen molar-refractivity contribution in [3.63, 3.8) is 0 Å². The molecule has 1 aliphatic rings. The van der Waals surface area contributed by atoms with Crippen LogP contribution in [0.2, 0.25) is 0 Å². The van der Waals surface area contributed by atoms with Crippen LogP contribution in [0.15, 0.2) is 42.5 Å². The molecule has 1 aromatic carbocycles. The van der Waals surface area contributed by atoms with Gasteiger partial charge in [-0.15, -0.1) is 0 Å². The number of imide groups is 1. The van der Waals surface area contributed by atoms with Crippen molar-refractivity contribution in [2.75, 3.05) is 6.54 Å². The zero-order chi connectivity index (χ0) is 17.0. The van der Waals surface area contributed by atoms with Gasteiger partial charge in [0, 0.05) is 6.42 Å². The summed E-state index contributed by atoms with van der Waals surface area (Å²) in [6.07, 6.45) is 11.5. The summed E-state index contributed by atoms with van der Waals surface area (Å²) in [7, 11) is 0. The van der Waals surface area contributed by atoms with E-state index in [4.69, 9.17) is 4.74 Å². The third-order valence-corrected chi connectivity index (χ3v) is 4.19. The number of ether oxygens (including phenoxy) is 1. The summed E-state index contributed by atoms with van der Waals surface area (Å²) in [5, 5.41) is 0. The quantitative estimate of drug-likeness (QED) is 0.729. The van der Waals surface area contributed by atoms with Crippen LogP contribution in [0.5, 0.6) is 0 Å². The van der Waals surface area contributed by atoms with Crippen molar-refractivity contribution in [1.82, 2.24) is 4.90 Å². The first-order valence-corrected chi connectivity index (χ1v) is 8.93. The van der Waals surface area contributed by atoms with Crippen LogP contribution in [0, 0.1) is 0 Å². The van der Waals surface area contributed by atoms with Crippen LogP contribution in [0.25, 0.3) is 0 Å². The van der Waals surface area contributed by atoms with E-state index in [1.165, 1.54) is 24.2 Å². The Hall–Kier alpha value is -2.10. The summed E-state index contributed by atoms with van der Waals surface area (Å²) in [4.78, 5) is 25.9. The molecule has 0 radical (unpaired) electrons. The highest BCUT2D eigenvalue weighted by molar-refractivity contribution is 5.92. The maximum atomic E-state index is 12.4. The molecule has 0 fully saturated rings. The van der Waals surface area contributed by atoms with Gasteiger partial charge in [-0.1, -0.05) is 68.2 Å². The van der Waals surface area contributed by atoms with E-state index in [1.54, 1.807) is 0 Å². The lowest BCUT2D eigenvalue weighted by Crippen LogP contribution is -2.37. The molecule has 1 aliphatic heterocycles. The molecule has 1 aromatic rings. The minimum Gasteiger partial charge on any atom is -0.444 e. The lowest BCUT2D eigenvalue weighted by Gasteiger charge is -2.19. The van der Waals surface area contributed by atoms with Crippen molar-refractivity contribution in [2.45, 2.75) is 58.0 Å². The van der Waals surface area contributed by atoms with E-state index in [1.807, 2.05) is 36.4 Å². The van der Waals surface area contributed by atoms with E-state index >= 15 is 0 Å². The monoisotopic (exact) mass is 329 g/mol. The number of carbonyl (C=O) groups excluding carboxylic acids is 2. The lowest BCUT2D eigenvalue weighted by molar-refractivity contribution is -0.129. The Morgan fingerprint density at radius 1 is 0.958 bits per heavy atom. The number of nitrogens with zero attached hydrogens (tertiary/aromatic N) is 1. The number of carbonyl (C=O) groups is 2. The average molecular weight is 329 g/mol. The zero-order valence-electron chi connectivity index (χ0n) is 14.3. The van der Waals surface area contributed by atoms with Gasteiger partial charge in [-0.3, -0.25) is 4.79 Å². The van der Waals surface area contributed by atoms with E-state index < -0.39 is 6.09 Å². The van der Waals surface area contributed by atoms with Crippen LogP contribution in [-0.2, 0) is 16.1 Å². The molecule has 4 nitrogen and oxygen atoms in total. The maximum absolute atomic E-state index is 12.4. The van der Waals surface area contributed by atoms with Crippen LogP contribution in [0.4, 0.5) is 4.79 Å². The molecule has 130 valence electrons. The SMILES string of the molecule is O=C1CCCCCCCC/C=C/CN1C(=O)OCc1ccccc1. The van der Waals surface area contributed by atoms with Gasteiger partial charge in [-0.2, -0.15) is 0 Å². The second kappa shape index (κ2) is 10.6. The van der Waals surface area contributed by atoms with Crippen LogP contribution < -0.4 is 0 Å². The van der Waals surface area contributed by atoms with Gasteiger partial charge in [0.15, 0.2) is 0 Å². The number of hydrogen-bond acceptors (Lipinski definition) is 3. The predicted octanol–water partition coefficient (Wildman–Crippen LogP) is 4.84. The zero-order valence-corrected chi connectivity index (χ0v) is 14.3. The molecule has 0 N–H and O–H groups in total. The van der Waals surface area contributed by atoms with Crippen LogP contribution in [0.1, 0.15) is 56.9 Å². The second-order valence-corrected chi connectivity index (χ2v) is 6.18. The Morgan fingerprint density at radius 2 is 1.67 bits per heavy atom. The first-order chi connectivity index (χ1) is 11.8. The smallest absolute Gasteiger partial charge is 0.417 e. The summed E-state index contributed by atoms with van der Waals surface area (Å²) >= 11 is 0. The summed E-state index contributed by atoms with van der Waals surface area (Å²) < 4.78 is 5.32. The lowest BCUT2D eigenvalue weighted by atomic mass is 10.1. The van der Waals surface area contributed by atoms with Crippen molar-refractivity contribution in [3.8, 4) is 0 Å². The fourth-order valence-corrected chi connectivity index (χ4v) is 2.75. The summed E-state index contributed by atoms with van der Waals surface area (Å²) in [6.45, 7) is 0.486. The standard InChI is InChI=1S/C20H27NO3/c22-19-15-11-6-4-2-1-3-5-7-12-16-21(19)20(23)24-17-18-13-9-8-10-14-18/h7-10,12-14H,1-6,11,15-17H2/b12-7+. The highest BCUT2D eigenvalue weighted by Crippen LogP contribution is 2.12. The second-order valence-electron chi connectivity index (χ2n) is 6.18. The molecule has 0 saturated heterocycles. The van der Waals surface area contributed by atoms with Gasteiger partial charge in [0.2, 0.25) is 5.91 Å². The Bertz CT molecular complexity index is 539. The molecule has 0 aliphatic carbocycles. The molecule has 0 aromatic heterocycles. The van der Waals surface area contributed by atoms with Gasteiger partial charge in [0.1, 0.15) is 6.61 Å². The summed E-state index contributed by atoms with van der Waals surface area (Å²) in [5.74, 6) is -0.142. The largest absolute Gasteiger partial charge is 0.444 e. The Labute approximate surface area is 144 Å². The van der Waals surface area contributed by atoms with Gasteiger partial charge >= 0.3 is 6.09 Å². The minimum atomic E-state index is -0.552. The van der Waals surface area contributed by atoms with Crippen molar-refractivity contribution < 1.29 is 14.3 Å². The van der Waals surface area contributed by atoms with Crippen molar-refractivity contribution in [1.29, 1.82) is 0 Å². The number of rotatable bonds is 2. The fourth-order valence-electron chi connectivity index (χ4n) is 2.75. The van der Waals surface area contributed by atoms with Gasteiger partial charge in [-0.25, -0.2) is 9.69 Å².